The first kappa shape index (κ1) is 12.9. The van der Waals surface area contributed by atoms with Crippen LogP contribution in [0.5, 0.6) is 0 Å². The zero-order valence-corrected chi connectivity index (χ0v) is 12.0. The highest BCUT2D eigenvalue weighted by Crippen LogP contribution is 2.30. The van der Waals surface area contributed by atoms with Crippen molar-refractivity contribution >= 4 is 28.3 Å². The fourth-order valence-corrected chi connectivity index (χ4v) is 2.99. The summed E-state index contributed by atoms with van der Waals surface area (Å²) in [5.41, 5.74) is 10.00. The van der Waals surface area contributed by atoms with Crippen molar-refractivity contribution in [3.8, 4) is 0 Å². The van der Waals surface area contributed by atoms with Gasteiger partial charge in [-0.1, -0.05) is 17.3 Å². The second kappa shape index (κ2) is 4.87. The highest BCUT2D eigenvalue weighted by atomic mass is 16.5. The quantitative estimate of drug-likeness (QED) is 0.737. The topological polar surface area (TPSA) is 72.4 Å². The van der Waals surface area contributed by atoms with Crippen LogP contribution in [0.4, 0.5) is 11.4 Å². The fraction of sp³-hybridized carbons (Fsp3) is 0.176. The molecule has 0 saturated heterocycles. The Balaban J connectivity index is 1.62. The Labute approximate surface area is 127 Å². The maximum absolute atomic E-state index is 12.6. The molecule has 0 fully saturated rings. The maximum Gasteiger partial charge on any atom is 0.233 e. The summed E-state index contributed by atoms with van der Waals surface area (Å²) in [4.78, 5) is 14.4. The van der Waals surface area contributed by atoms with Crippen molar-refractivity contribution in [3.05, 3.63) is 53.7 Å². The molecule has 0 unspecified atom stereocenters. The molecule has 5 heteroatoms. The summed E-state index contributed by atoms with van der Waals surface area (Å²) in [7, 11) is 0. The van der Waals surface area contributed by atoms with E-state index in [1.165, 1.54) is 0 Å². The highest BCUT2D eigenvalue weighted by molar-refractivity contribution is 5.98. The second-order valence-electron chi connectivity index (χ2n) is 5.49. The molecule has 2 N–H and O–H groups in total. The minimum Gasteiger partial charge on any atom is -0.399 e. The lowest BCUT2D eigenvalue weighted by Gasteiger charge is -2.16. The molecule has 110 valence electrons. The Morgan fingerprint density at radius 2 is 2.14 bits per heavy atom. The molecule has 2 aromatic carbocycles. The van der Waals surface area contributed by atoms with Crippen LogP contribution in [-0.4, -0.2) is 17.6 Å². The first-order valence-corrected chi connectivity index (χ1v) is 7.24. The van der Waals surface area contributed by atoms with Crippen LogP contribution in [0.15, 0.2) is 47.0 Å². The van der Waals surface area contributed by atoms with Crippen LogP contribution >= 0.6 is 0 Å². The number of nitrogens with zero attached hydrogens (tertiary/aromatic N) is 2. The Morgan fingerprint density at radius 3 is 3.05 bits per heavy atom. The van der Waals surface area contributed by atoms with Crippen LogP contribution in [0.1, 0.15) is 11.3 Å². The minimum absolute atomic E-state index is 0.0302. The number of aromatic nitrogens is 1. The van der Waals surface area contributed by atoms with Crippen molar-refractivity contribution < 1.29 is 9.32 Å². The Hall–Kier alpha value is -2.82. The Morgan fingerprint density at radius 1 is 1.27 bits per heavy atom. The standard InChI is InChI=1S/C17H15N3O2/c18-12-5-6-15-11(9-12)7-8-20(15)17(21)10-14-13-3-1-2-4-16(13)22-19-14/h1-6,9H,7-8,10,18H2. The number of nitrogen functional groups attached to an aromatic ring is 1. The third-order valence-electron chi connectivity index (χ3n) is 4.07. The van der Waals surface area contributed by atoms with Crippen molar-refractivity contribution in [2.75, 3.05) is 17.2 Å². The largest absolute Gasteiger partial charge is 0.399 e. The van der Waals surface area contributed by atoms with E-state index in [2.05, 4.69) is 5.16 Å². The molecule has 5 nitrogen and oxygen atoms in total. The van der Waals surface area contributed by atoms with Crippen LogP contribution in [0, 0.1) is 0 Å². The SMILES string of the molecule is Nc1ccc2c(c1)CCN2C(=O)Cc1noc2ccccc12. The molecule has 0 radical (unpaired) electrons. The lowest BCUT2D eigenvalue weighted by atomic mass is 10.1. The van der Waals surface area contributed by atoms with Gasteiger partial charge < -0.3 is 15.2 Å². The predicted octanol–water partition coefficient (Wildman–Crippen LogP) is 2.54. The van der Waals surface area contributed by atoms with Crippen LogP contribution < -0.4 is 10.6 Å². The number of fused-ring (bicyclic) bond motifs is 2. The van der Waals surface area contributed by atoms with Crippen molar-refractivity contribution in [3.63, 3.8) is 0 Å². The average molecular weight is 293 g/mol. The van der Waals surface area contributed by atoms with Crippen molar-refractivity contribution in [1.82, 2.24) is 5.16 Å². The highest BCUT2D eigenvalue weighted by Gasteiger charge is 2.25. The van der Waals surface area contributed by atoms with E-state index < -0.39 is 0 Å². The molecule has 0 atom stereocenters. The summed E-state index contributed by atoms with van der Waals surface area (Å²) in [6, 6.07) is 13.3. The molecule has 4 rings (SSSR count). The molecule has 3 aromatic rings. The second-order valence-corrected chi connectivity index (χ2v) is 5.49. The molecule has 0 bridgehead atoms. The molecule has 1 aliphatic rings. The molecule has 1 amide bonds. The van der Waals surface area contributed by atoms with Gasteiger partial charge in [0.15, 0.2) is 5.58 Å². The maximum atomic E-state index is 12.6. The lowest BCUT2D eigenvalue weighted by Crippen LogP contribution is -2.30. The van der Waals surface area contributed by atoms with Gasteiger partial charge in [-0.3, -0.25) is 4.79 Å². The first-order valence-electron chi connectivity index (χ1n) is 7.24. The smallest absolute Gasteiger partial charge is 0.233 e. The van der Waals surface area contributed by atoms with Gasteiger partial charge in [-0.15, -0.1) is 0 Å². The van der Waals surface area contributed by atoms with Crippen molar-refractivity contribution in [1.29, 1.82) is 0 Å². The van der Waals surface area contributed by atoms with E-state index in [4.69, 9.17) is 10.3 Å². The van der Waals surface area contributed by atoms with Gasteiger partial charge in [0.2, 0.25) is 5.91 Å². The number of amides is 1. The molecule has 22 heavy (non-hydrogen) atoms. The van der Waals surface area contributed by atoms with Crippen LogP contribution in [0.25, 0.3) is 11.0 Å². The van der Waals surface area contributed by atoms with Gasteiger partial charge in [-0.2, -0.15) is 0 Å². The van der Waals surface area contributed by atoms with E-state index in [1.807, 2.05) is 42.5 Å². The Kier molecular flexibility index (Phi) is 2.85. The molecular weight excluding hydrogens is 278 g/mol. The van der Waals surface area contributed by atoms with E-state index in [0.29, 0.717) is 17.8 Å². The predicted molar refractivity (Wildman–Crippen MR) is 84.6 cm³/mol. The van der Waals surface area contributed by atoms with E-state index in [1.54, 1.807) is 4.90 Å². The summed E-state index contributed by atoms with van der Waals surface area (Å²) in [5, 5.41) is 4.93. The summed E-state index contributed by atoms with van der Waals surface area (Å²) >= 11 is 0. The number of hydrogen-bond acceptors (Lipinski definition) is 4. The van der Waals surface area contributed by atoms with Gasteiger partial charge in [0.25, 0.3) is 0 Å². The van der Waals surface area contributed by atoms with E-state index in [0.717, 1.165) is 28.7 Å². The average Bonchev–Trinajstić information content (AvgIpc) is 3.11. The number of anilines is 2. The monoisotopic (exact) mass is 293 g/mol. The van der Waals surface area contributed by atoms with Crippen LogP contribution in [-0.2, 0) is 17.6 Å². The number of hydrogen-bond donors (Lipinski definition) is 1. The number of carbonyl (C=O) groups is 1. The molecule has 1 aliphatic heterocycles. The van der Waals surface area contributed by atoms with Crippen LogP contribution in [0.3, 0.4) is 0 Å². The summed E-state index contributed by atoms with van der Waals surface area (Å²) in [6.07, 6.45) is 1.08. The van der Waals surface area contributed by atoms with Gasteiger partial charge >= 0.3 is 0 Å². The molecule has 0 saturated carbocycles. The number of carbonyl (C=O) groups excluding carboxylic acids is 1. The minimum atomic E-state index is 0.0302. The summed E-state index contributed by atoms with van der Waals surface area (Å²) in [6.45, 7) is 0.688. The van der Waals surface area contributed by atoms with Gasteiger partial charge in [-0.25, -0.2) is 0 Å². The molecule has 0 aliphatic carbocycles. The van der Waals surface area contributed by atoms with Gasteiger partial charge in [0.1, 0.15) is 5.69 Å². The Bertz CT molecular complexity index is 869. The number of rotatable bonds is 2. The van der Waals surface area contributed by atoms with E-state index in [-0.39, 0.29) is 12.3 Å². The molecular formula is C17H15N3O2. The number of benzene rings is 2. The first-order chi connectivity index (χ1) is 10.7. The summed E-state index contributed by atoms with van der Waals surface area (Å²) < 4.78 is 5.26. The van der Waals surface area contributed by atoms with Gasteiger partial charge in [0, 0.05) is 23.3 Å². The molecule has 2 heterocycles. The zero-order valence-electron chi connectivity index (χ0n) is 12.0. The normalized spacial score (nSPS) is 13.5. The third kappa shape index (κ3) is 2.02. The van der Waals surface area contributed by atoms with Gasteiger partial charge in [0.05, 0.1) is 6.42 Å². The van der Waals surface area contributed by atoms with E-state index >= 15 is 0 Å². The third-order valence-corrected chi connectivity index (χ3v) is 4.07. The van der Waals surface area contributed by atoms with Gasteiger partial charge in [-0.05, 0) is 42.3 Å². The summed E-state index contributed by atoms with van der Waals surface area (Å²) in [5.74, 6) is 0.0302. The molecule has 1 aromatic heterocycles. The van der Waals surface area contributed by atoms with Crippen molar-refractivity contribution in [2.24, 2.45) is 0 Å². The fourth-order valence-electron chi connectivity index (χ4n) is 2.99. The number of nitrogens with two attached hydrogens (primary N) is 1. The zero-order chi connectivity index (χ0) is 15.1. The van der Waals surface area contributed by atoms with E-state index in [9.17, 15) is 4.79 Å². The lowest BCUT2D eigenvalue weighted by molar-refractivity contribution is -0.117. The van der Waals surface area contributed by atoms with Crippen molar-refractivity contribution in [2.45, 2.75) is 12.8 Å². The van der Waals surface area contributed by atoms with Crippen LogP contribution in [0.2, 0.25) is 0 Å². The number of para-hydroxylation sites is 1. The molecule has 0 spiro atoms.